The third-order valence-corrected chi connectivity index (χ3v) is 4.73. The Kier molecular flexibility index (Phi) is 5.96. The molecular formula is C21H26N2O4. The van der Waals surface area contributed by atoms with Crippen molar-refractivity contribution >= 4 is 5.91 Å². The molecule has 2 aromatic rings. The Bertz CT molecular complexity index is 768. The number of nitrogens with one attached hydrogen (secondary N) is 1. The maximum atomic E-state index is 12.6. The maximum absolute atomic E-state index is 12.6. The van der Waals surface area contributed by atoms with Gasteiger partial charge in [0.1, 0.15) is 11.9 Å². The van der Waals surface area contributed by atoms with E-state index in [4.69, 9.17) is 14.2 Å². The number of carbonyl (C=O) groups is 1. The van der Waals surface area contributed by atoms with Gasteiger partial charge >= 0.3 is 0 Å². The quantitative estimate of drug-likeness (QED) is 0.811. The monoisotopic (exact) mass is 370 g/mol. The Labute approximate surface area is 159 Å². The van der Waals surface area contributed by atoms with E-state index in [-0.39, 0.29) is 17.4 Å². The standard InChI is InChI=1S/C21H26N2O4/c1-21(2,16-4-6-17(25-3)7-5-16)14-23-20(24)15-8-10-22-19(12-15)27-18-9-11-26-13-18/h4-8,10,12,18H,9,11,13-14H2,1-3H3,(H,23,24). The molecule has 1 aromatic heterocycles. The van der Waals surface area contributed by atoms with Gasteiger partial charge in [0.15, 0.2) is 0 Å². The van der Waals surface area contributed by atoms with E-state index >= 15 is 0 Å². The van der Waals surface area contributed by atoms with Gasteiger partial charge in [-0.3, -0.25) is 4.79 Å². The summed E-state index contributed by atoms with van der Waals surface area (Å²) in [5.41, 5.74) is 1.45. The molecular weight excluding hydrogens is 344 g/mol. The van der Waals surface area contributed by atoms with E-state index in [1.807, 2.05) is 24.3 Å². The molecule has 6 nitrogen and oxygen atoms in total. The van der Waals surface area contributed by atoms with Gasteiger partial charge in [-0.15, -0.1) is 0 Å². The number of pyridine rings is 1. The summed E-state index contributed by atoms with van der Waals surface area (Å²) in [7, 11) is 1.65. The number of ether oxygens (including phenoxy) is 3. The lowest BCUT2D eigenvalue weighted by molar-refractivity contribution is 0.0944. The van der Waals surface area contributed by atoms with Crippen LogP contribution in [0.5, 0.6) is 11.6 Å². The highest BCUT2D eigenvalue weighted by atomic mass is 16.5. The van der Waals surface area contributed by atoms with Crippen LogP contribution in [0, 0.1) is 0 Å². The van der Waals surface area contributed by atoms with Crippen LogP contribution in [0.15, 0.2) is 42.6 Å². The van der Waals surface area contributed by atoms with Crippen LogP contribution in [0.25, 0.3) is 0 Å². The number of hydrogen-bond acceptors (Lipinski definition) is 5. The molecule has 1 atom stereocenters. The highest BCUT2D eigenvalue weighted by molar-refractivity contribution is 5.94. The topological polar surface area (TPSA) is 69.7 Å². The van der Waals surface area contributed by atoms with Crippen molar-refractivity contribution in [2.75, 3.05) is 26.9 Å². The average molecular weight is 370 g/mol. The Morgan fingerprint density at radius 1 is 1.30 bits per heavy atom. The summed E-state index contributed by atoms with van der Waals surface area (Å²) in [6.45, 7) is 5.96. The maximum Gasteiger partial charge on any atom is 0.251 e. The molecule has 0 saturated carbocycles. The molecule has 1 unspecified atom stereocenters. The molecule has 1 aromatic carbocycles. The van der Waals surface area contributed by atoms with E-state index in [0.717, 1.165) is 17.7 Å². The van der Waals surface area contributed by atoms with E-state index in [9.17, 15) is 4.79 Å². The first-order valence-corrected chi connectivity index (χ1v) is 9.11. The van der Waals surface area contributed by atoms with Crippen molar-refractivity contribution in [1.29, 1.82) is 0 Å². The van der Waals surface area contributed by atoms with Crippen molar-refractivity contribution in [2.24, 2.45) is 0 Å². The first-order valence-electron chi connectivity index (χ1n) is 9.11. The minimum Gasteiger partial charge on any atom is -0.497 e. The van der Waals surface area contributed by atoms with Gasteiger partial charge < -0.3 is 19.5 Å². The predicted molar refractivity (Wildman–Crippen MR) is 102 cm³/mol. The minimum atomic E-state index is -0.213. The number of methoxy groups -OCH3 is 1. The second kappa shape index (κ2) is 8.39. The van der Waals surface area contributed by atoms with Gasteiger partial charge in [0.25, 0.3) is 5.91 Å². The summed E-state index contributed by atoms with van der Waals surface area (Å²) in [5.74, 6) is 1.12. The van der Waals surface area contributed by atoms with Crippen molar-refractivity contribution in [3.63, 3.8) is 0 Å². The highest BCUT2D eigenvalue weighted by Gasteiger charge is 2.22. The molecule has 1 amide bonds. The third kappa shape index (κ3) is 4.98. The Hall–Kier alpha value is -2.60. The Balaban J connectivity index is 1.60. The van der Waals surface area contributed by atoms with Gasteiger partial charge in [0, 0.05) is 36.2 Å². The normalized spacial score (nSPS) is 16.8. The average Bonchev–Trinajstić information content (AvgIpc) is 3.19. The van der Waals surface area contributed by atoms with E-state index in [2.05, 4.69) is 24.1 Å². The van der Waals surface area contributed by atoms with Crippen LogP contribution in [0.4, 0.5) is 0 Å². The molecule has 1 aliphatic rings. The summed E-state index contributed by atoms with van der Waals surface area (Å²) in [6.07, 6.45) is 2.44. The summed E-state index contributed by atoms with van der Waals surface area (Å²) >= 11 is 0. The van der Waals surface area contributed by atoms with Crippen molar-refractivity contribution in [3.8, 4) is 11.6 Å². The molecule has 1 N–H and O–H groups in total. The Morgan fingerprint density at radius 3 is 2.74 bits per heavy atom. The number of rotatable bonds is 7. The smallest absolute Gasteiger partial charge is 0.251 e. The molecule has 6 heteroatoms. The van der Waals surface area contributed by atoms with Crippen molar-refractivity contribution in [3.05, 3.63) is 53.7 Å². The SMILES string of the molecule is COc1ccc(C(C)(C)CNC(=O)c2ccnc(OC3CCOC3)c2)cc1. The fraction of sp³-hybridized carbons (Fsp3) is 0.429. The fourth-order valence-electron chi connectivity index (χ4n) is 2.94. The van der Waals surface area contributed by atoms with Gasteiger partial charge in [-0.05, 0) is 23.8 Å². The molecule has 1 saturated heterocycles. The molecule has 1 aliphatic heterocycles. The summed E-state index contributed by atoms with van der Waals surface area (Å²) in [4.78, 5) is 16.8. The van der Waals surface area contributed by atoms with Crippen LogP contribution in [0.1, 0.15) is 36.2 Å². The number of nitrogens with zero attached hydrogens (tertiary/aromatic N) is 1. The number of carbonyl (C=O) groups excluding carboxylic acids is 1. The zero-order valence-electron chi connectivity index (χ0n) is 16.0. The summed E-state index contributed by atoms with van der Waals surface area (Å²) < 4.78 is 16.3. The molecule has 0 radical (unpaired) electrons. The molecule has 3 rings (SSSR count). The van der Waals surface area contributed by atoms with Gasteiger partial charge in [-0.1, -0.05) is 26.0 Å². The van der Waals surface area contributed by atoms with Crippen LogP contribution in [-0.4, -0.2) is 43.9 Å². The lowest BCUT2D eigenvalue weighted by Gasteiger charge is -2.26. The summed E-state index contributed by atoms with van der Waals surface area (Å²) in [6, 6.07) is 11.3. The first-order chi connectivity index (χ1) is 13.0. The lowest BCUT2D eigenvalue weighted by atomic mass is 9.84. The van der Waals surface area contributed by atoms with Crippen LogP contribution in [0.3, 0.4) is 0 Å². The number of benzene rings is 1. The molecule has 0 spiro atoms. The van der Waals surface area contributed by atoms with Crippen LogP contribution in [0.2, 0.25) is 0 Å². The molecule has 2 heterocycles. The Morgan fingerprint density at radius 2 is 2.07 bits per heavy atom. The molecule has 0 bridgehead atoms. The number of aromatic nitrogens is 1. The minimum absolute atomic E-state index is 0.00446. The van der Waals surface area contributed by atoms with Crippen molar-refractivity contribution in [1.82, 2.24) is 10.3 Å². The van der Waals surface area contributed by atoms with E-state index in [0.29, 0.717) is 31.2 Å². The second-order valence-electron chi connectivity index (χ2n) is 7.28. The zero-order valence-corrected chi connectivity index (χ0v) is 16.0. The molecule has 27 heavy (non-hydrogen) atoms. The second-order valence-corrected chi connectivity index (χ2v) is 7.28. The van der Waals surface area contributed by atoms with Crippen LogP contribution < -0.4 is 14.8 Å². The predicted octanol–water partition coefficient (Wildman–Crippen LogP) is 2.97. The number of hydrogen-bond donors (Lipinski definition) is 1. The summed E-state index contributed by atoms with van der Waals surface area (Å²) in [5, 5.41) is 3.01. The van der Waals surface area contributed by atoms with Crippen LogP contribution in [-0.2, 0) is 10.2 Å². The van der Waals surface area contributed by atoms with Crippen LogP contribution >= 0.6 is 0 Å². The first kappa shape index (κ1) is 19.2. The van der Waals surface area contributed by atoms with Gasteiger partial charge in [-0.2, -0.15) is 0 Å². The molecule has 1 fully saturated rings. The zero-order chi connectivity index (χ0) is 19.3. The van der Waals surface area contributed by atoms with E-state index < -0.39 is 0 Å². The highest BCUT2D eigenvalue weighted by Crippen LogP contribution is 2.25. The van der Waals surface area contributed by atoms with Crippen molar-refractivity contribution < 1.29 is 19.0 Å². The molecule has 0 aliphatic carbocycles. The van der Waals surface area contributed by atoms with E-state index in [1.54, 1.807) is 25.4 Å². The largest absolute Gasteiger partial charge is 0.497 e. The number of amides is 1. The van der Waals surface area contributed by atoms with Gasteiger partial charge in [-0.25, -0.2) is 4.98 Å². The van der Waals surface area contributed by atoms with Gasteiger partial charge in [0.05, 0.1) is 20.3 Å². The third-order valence-electron chi connectivity index (χ3n) is 4.73. The van der Waals surface area contributed by atoms with Crippen molar-refractivity contribution in [2.45, 2.75) is 31.8 Å². The van der Waals surface area contributed by atoms with Gasteiger partial charge in [0.2, 0.25) is 5.88 Å². The van der Waals surface area contributed by atoms with E-state index in [1.165, 1.54) is 0 Å². The fourth-order valence-corrected chi connectivity index (χ4v) is 2.94. The molecule has 144 valence electrons. The lowest BCUT2D eigenvalue weighted by Crippen LogP contribution is -2.36.